The van der Waals surface area contributed by atoms with Crippen LogP contribution in [0.5, 0.6) is 0 Å². The molecule has 0 fully saturated rings. The molecule has 7 nitrogen and oxygen atoms in total. The average Bonchev–Trinajstić information content (AvgIpc) is 2.84. The summed E-state index contributed by atoms with van der Waals surface area (Å²) in [6, 6.07) is 4.76. The van der Waals surface area contributed by atoms with Gasteiger partial charge in [0, 0.05) is 30.1 Å². The Morgan fingerprint density at radius 2 is 2.30 bits per heavy atom. The maximum absolute atomic E-state index is 10.7. The molecule has 0 unspecified atom stereocenters. The van der Waals surface area contributed by atoms with Gasteiger partial charge in [0.2, 0.25) is 0 Å². The molecule has 1 aromatic carbocycles. The van der Waals surface area contributed by atoms with Crippen LogP contribution in [0.15, 0.2) is 35.1 Å². The minimum absolute atomic E-state index is 0.0336. The van der Waals surface area contributed by atoms with Crippen molar-refractivity contribution >= 4 is 27.3 Å². The van der Waals surface area contributed by atoms with E-state index in [-0.39, 0.29) is 12.3 Å². The highest BCUT2D eigenvalue weighted by Crippen LogP contribution is 2.27. The van der Waals surface area contributed by atoms with Crippen molar-refractivity contribution in [2.24, 2.45) is 0 Å². The molecule has 1 heterocycles. The molecule has 2 aromatic rings. The number of rotatable bonds is 6. The number of benzene rings is 1. The van der Waals surface area contributed by atoms with Crippen molar-refractivity contribution in [3.8, 4) is 0 Å². The number of aliphatic hydroxyl groups is 1. The predicted octanol–water partition coefficient (Wildman–Crippen LogP) is 2.16. The van der Waals surface area contributed by atoms with Gasteiger partial charge in [0.1, 0.15) is 0 Å². The lowest BCUT2D eigenvalue weighted by Crippen LogP contribution is -2.02. The Hall–Kier alpha value is -1.93. The van der Waals surface area contributed by atoms with E-state index in [4.69, 9.17) is 5.11 Å². The third kappa shape index (κ3) is 3.55. The number of nitrogens with zero attached hydrogens (tertiary/aromatic N) is 3. The molecule has 0 spiro atoms. The Balaban J connectivity index is 1.99. The maximum Gasteiger partial charge on any atom is 0.283 e. The van der Waals surface area contributed by atoms with Crippen LogP contribution in [0.2, 0.25) is 0 Å². The zero-order chi connectivity index (χ0) is 14.5. The third-order valence-corrected chi connectivity index (χ3v) is 3.29. The minimum Gasteiger partial charge on any atom is -0.394 e. The van der Waals surface area contributed by atoms with Gasteiger partial charge >= 0.3 is 0 Å². The number of halogens is 1. The first kappa shape index (κ1) is 14.5. The summed E-state index contributed by atoms with van der Waals surface area (Å²) >= 11 is 3.17. The number of nitro groups is 1. The molecule has 0 aliphatic heterocycles. The predicted molar refractivity (Wildman–Crippen MR) is 77.4 cm³/mol. The third-order valence-electron chi connectivity index (χ3n) is 2.66. The lowest BCUT2D eigenvalue weighted by Gasteiger charge is -2.05. The second-order valence-corrected chi connectivity index (χ2v) is 4.97. The van der Waals surface area contributed by atoms with E-state index in [1.54, 1.807) is 23.0 Å². The molecule has 2 N–H and O–H groups in total. The van der Waals surface area contributed by atoms with Crippen LogP contribution in [0.3, 0.4) is 0 Å². The van der Waals surface area contributed by atoms with E-state index in [1.807, 2.05) is 6.20 Å². The molecule has 0 bridgehead atoms. The average molecular weight is 341 g/mol. The Labute approximate surface area is 123 Å². The fraction of sp³-hybridized carbons (Fsp3) is 0.250. The molecule has 0 atom stereocenters. The molecule has 20 heavy (non-hydrogen) atoms. The van der Waals surface area contributed by atoms with E-state index in [1.165, 1.54) is 6.07 Å². The second-order valence-electron chi connectivity index (χ2n) is 4.11. The first-order chi connectivity index (χ1) is 9.60. The summed E-state index contributed by atoms with van der Waals surface area (Å²) in [6.45, 7) is 1.06. The van der Waals surface area contributed by atoms with E-state index in [9.17, 15) is 10.1 Å². The van der Waals surface area contributed by atoms with E-state index < -0.39 is 4.92 Å². The zero-order valence-corrected chi connectivity index (χ0v) is 12.1. The topological polar surface area (TPSA) is 93.2 Å². The van der Waals surface area contributed by atoms with Gasteiger partial charge in [0.25, 0.3) is 5.69 Å². The van der Waals surface area contributed by atoms with Gasteiger partial charge in [-0.2, -0.15) is 5.10 Å². The largest absolute Gasteiger partial charge is 0.394 e. The van der Waals surface area contributed by atoms with Gasteiger partial charge in [-0.1, -0.05) is 0 Å². The first-order valence-electron chi connectivity index (χ1n) is 5.90. The van der Waals surface area contributed by atoms with Crippen LogP contribution in [0.25, 0.3) is 0 Å². The van der Waals surface area contributed by atoms with Gasteiger partial charge in [0.15, 0.2) is 0 Å². The van der Waals surface area contributed by atoms with Gasteiger partial charge in [-0.05, 0) is 28.1 Å². The van der Waals surface area contributed by atoms with Crippen LogP contribution in [0.4, 0.5) is 11.4 Å². The van der Waals surface area contributed by atoms with Crippen LogP contribution in [0.1, 0.15) is 5.56 Å². The highest BCUT2D eigenvalue weighted by Gasteiger charge is 2.11. The van der Waals surface area contributed by atoms with Gasteiger partial charge in [-0.3, -0.25) is 14.8 Å². The van der Waals surface area contributed by atoms with Crippen molar-refractivity contribution in [2.45, 2.75) is 13.1 Å². The lowest BCUT2D eigenvalue weighted by molar-refractivity contribution is -0.385. The summed E-state index contributed by atoms with van der Waals surface area (Å²) in [5.74, 6) is 0. The van der Waals surface area contributed by atoms with Crippen molar-refractivity contribution in [2.75, 3.05) is 11.9 Å². The monoisotopic (exact) mass is 340 g/mol. The molecule has 0 aliphatic carbocycles. The van der Waals surface area contributed by atoms with Crippen LogP contribution in [-0.4, -0.2) is 26.4 Å². The summed E-state index contributed by atoms with van der Waals surface area (Å²) in [7, 11) is 0. The van der Waals surface area contributed by atoms with Gasteiger partial charge in [-0.15, -0.1) is 0 Å². The SMILES string of the molecule is O=[N+]([O-])c1ccc(NCc2cnn(CCO)c2)cc1Br. The molecular formula is C12H13BrN4O3. The van der Waals surface area contributed by atoms with Crippen LogP contribution >= 0.6 is 15.9 Å². The number of aromatic nitrogens is 2. The van der Waals surface area contributed by atoms with E-state index in [0.29, 0.717) is 17.6 Å². The van der Waals surface area contributed by atoms with Crippen molar-refractivity contribution in [3.63, 3.8) is 0 Å². The Bertz CT molecular complexity index is 614. The Kier molecular flexibility index (Phi) is 4.70. The van der Waals surface area contributed by atoms with Crippen molar-refractivity contribution in [1.29, 1.82) is 0 Å². The second kappa shape index (κ2) is 6.49. The zero-order valence-electron chi connectivity index (χ0n) is 10.5. The lowest BCUT2D eigenvalue weighted by atomic mass is 10.2. The minimum atomic E-state index is -0.438. The fourth-order valence-electron chi connectivity index (χ4n) is 1.69. The molecule has 106 valence electrons. The number of hydrogen-bond donors (Lipinski definition) is 2. The standard InChI is InChI=1S/C12H13BrN4O3/c13-11-5-10(1-2-12(11)17(19)20)14-6-9-7-15-16(8-9)3-4-18/h1-2,5,7-8,14,18H,3-4,6H2. The summed E-state index contributed by atoms with van der Waals surface area (Å²) < 4.78 is 2.09. The van der Waals surface area contributed by atoms with Gasteiger partial charge in [-0.25, -0.2) is 0 Å². The summed E-state index contributed by atoms with van der Waals surface area (Å²) in [6.07, 6.45) is 3.55. The van der Waals surface area contributed by atoms with Crippen LogP contribution in [0, 0.1) is 10.1 Å². The fourth-order valence-corrected chi connectivity index (χ4v) is 2.22. The van der Waals surface area contributed by atoms with E-state index in [0.717, 1.165) is 11.3 Å². The summed E-state index contributed by atoms with van der Waals surface area (Å²) in [5, 5.41) is 26.7. The number of anilines is 1. The van der Waals surface area contributed by atoms with Gasteiger partial charge < -0.3 is 10.4 Å². The Morgan fingerprint density at radius 3 is 2.95 bits per heavy atom. The van der Waals surface area contributed by atoms with Gasteiger partial charge in [0.05, 0.1) is 28.7 Å². The molecule has 1 aromatic heterocycles. The molecule has 0 saturated heterocycles. The number of aliphatic hydroxyl groups excluding tert-OH is 1. The molecule has 0 aliphatic rings. The quantitative estimate of drug-likeness (QED) is 0.620. The molecule has 0 radical (unpaired) electrons. The van der Waals surface area contributed by atoms with Crippen LogP contribution in [-0.2, 0) is 13.1 Å². The molecule has 0 amide bonds. The normalized spacial score (nSPS) is 10.5. The molecular weight excluding hydrogens is 328 g/mol. The summed E-state index contributed by atoms with van der Waals surface area (Å²) in [5.41, 5.74) is 1.77. The number of nitro benzene ring substituents is 1. The van der Waals surface area contributed by atoms with Crippen molar-refractivity contribution in [1.82, 2.24) is 9.78 Å². The van der Waals surface area contributed by atoms with Crippen LogP contribution < -0.4 is 5.32 Å². The highest BCUT2D eigenvalue weighted by atomic mass is 79.9. The molecule has 8 heteroatoms. The Morgan fingerprint density at radius 1 is 1.50 bits per heavy atom. The van der Waals surface area contributed by atoms with E-state index >= 15 is 0 Å². The molecule has 0 saturated carbocycles. The number of hydrogen-bond acceptors (Lipinski definition) is 5. The smallest absolute Gasteiger partial charge is 0.283 e. The molecule has 2 rings (SSSR count). The first-order valence-corrected chi connectivity index (χ1v) is 6.69. The highest BCUT2D eigenvalue weighted by molar-refractivity contribution is 9.10. The van der Waals surface area contributed by atoms with Crippen molar-refractivity contribution < 1.29 is 10.0 Å². The summed E-state index contributed by atoms with van der Waals surface area (Å²) in [4.78, 5) is 10.3. The number of nitrogens with one attached hydrogen (secondary N) is 1. The van der Waals surface area contributed by atoms with Crippen molar-refractivity contribution in [3.05, 3.63) is 50.7 Å². The maximum atomic E-state index is 10.7. The van der Waals surface area contributed by atoms with E-state index in [2.05, 4.69) is 26.3 Å².